The second-order valence-electron chi connectivity index (χ2n) is 22.8. The molecule has 0 radical (unpaired) electrons. The van der Waals surface area contributed by atoms with Crippen molar-refractivity contribution in [3.8, 4) is 51.1 Å². The average molecular weight is 1120 g/mol. The first-order valence-electron chi connectivity index (χ1n) is 29.5. The number of aromatic nitrogens is 4. The van der Waals surface area contributed by atoms with Crippen LogP contribution in [0.2, 0.25) is 0 Å². The molecule has 0 fully saturated rings. The summed E-state index contributed by atoms with van der Waals surface area (Å²) in [6.45, 7) is 9.86. The van der Waals surface area contributed by atoms with E-state index in [9.17, 15) is 11.8 Å². The number of furan rings is 2. The smallest absolute Gasteiger partial charge is 0.232 e. The highest BCUT2D eigenvalue weighted by Gasteiger charge is 2.36. The van der Waals surface area contributed by atoms with Crippen molar-refractivity contribution in [3.05, 3.63) is 284 Å². The number of nitriles is 1. The number of nitrogens with zero attached hydrogens (tertiary/aromatic N) is 6. The molecule has 0 bridgehead atoms. The molecule has 0 aliphatic rings. The molecule has 13 aromatic carbocycles. The Balaban J connectivity index is 1.09. The molecule has 88 heavy (non-hydrogen) atoms. The standard InChI is InChI=1S/C80H44N6O2/c1-82-74-61(46-81)75(85-64-32-16-10-28-57(64)72-68(85)42-38-55-53-26-12-18-34-70(53)87-79(55)72)77(83-62-30-14-8-24-51(62)59-44-49(36-40-66(59)83)47-20-4-2-5-21-47)78(84-63-31-15-9-25-52(63)60-45-50(37-41-67(60)84)48-22-6-3-7-23-48)76(74)86-65-33-17-11-29-58(65)73-69(86)43-39-56-54-27-13-19-35-71(54)88-80(56)73/h2-45H. The summed E-state index contributed by atoms with van der Waals surface area (Å²) >= 11 is 0. The fraction of sp³-hybridized carbons (Fsp3) is 0. The van der Waals surface area contributed by atoms with E-state index in [-0.39, 0.29) is 11.3 Å². The van der Waals surface area contributed by atoms with E-state index in [0.29, 0.717) is 22.7 Å². The van der Waals surface area contributed by atoms with E-state index in [1.165, 1.54) is 0 Å². The van der Waals surface area contributed by atoms with Gasteiger partial charge in [-0.25, -0.2) is 4.85 Å². The van der Waals surface area contributed by atoms with Gasteiger partial charge in [-0.1, -0.05) is 182 Å². The predicted molar refractivity (Wildman–Crippen MR) is 360 cm³/mol. The van der Waals surface area contributed by atoms with Crippen molar-refractivity contribution < 1.29 is 8.83 Å². The maximum Gasteiger partial charge on any atom is 0.232 e. The molecule has 6 heterocycles. The van der Waals surface area contributed by atoms with E-state index in [2.05, 4.69) is 255 Å². The van der Waals surface area contributed by atoms with Gasteiger partial charge in [0.2, 0.25) is 5.69 Å². The Labute approximate surface area is 501 Å². The number of fused-ring (bicyclic) bond motifs is 20. The summed E-state index contributed by atoms with van der Waals surface area (Å²) in [7, 11) is 0. The molecular weight excluding hydrogens is 1080 g/mol. The molecular formula is C80H44N6O2. The monoisotopic (exact) mass is 1120 g/mol. The lowest BCUT2D eigenvalue weighted by Crippen LogP contribution is -2.15. The highest BCUT2D eigenvalue weighted by molar-refractivity contribution is 6.27. The number of benzene rings is 13. The summed E-state index contributed by atoms with van der Waals surface area (Å²) in [5.41, 5.74) is 17.4. The van der Waals surface area contributed by atoms with Crippen molar-refractivity contribution in [1.82, 2.24) is 18.3 Å². The van der Waals surface area contributed by atoms with Gasteiger partial charge in [0.1, 0.15) is 22.3 Å². The maximum atomic E-state index is 12.7. The second-order valence-corrected chi connectivity index (χ2v) is 22.8. The van der Waals surface area contributed by atoms with Crippen LogP contribution in [0.1, 0.15) is 5.56 Å². The highest BCUT2D eigenvalue weighted by Crippen LogP contribution is 2.53. The Hall–Kier alpha value is -12.4. The first-order chi connectivity index (χ1) is 43.6. The zero-order valence-electron chi connectivity index (χ0n) is 46.9. The molecule has 8 heteroatoms. The Bertz CT molecular complexity index is 5940. The van der Waals surface area contributed by atoms with Crippen molar-refractivity contribution in [2.24, 2.45) is 0 Å². The lowest BCUT2D eigenvalue weighted by Gasteiger charge is -2.28. The zero-order chi connectivity index (χ0) is 57.9. The normalized spacial score (nSPS) is 12.1. The third-order valence-corrected chi connectivity index (χ3v) is 18.4. The third kappa shape index (κ3) is 6.44. The van der Waals surface area contributed by atoms with Crippen molar-refractivity contribution in [1.29, 1.82) is 5.26 Å². The van der Waals surface area contributed by atoms with Gasteiger partial charge >= 0.3 is 0 Å². The first kappa shape index (κ1) is 48.1. The van der Waals surface area contributed by atoms with Crippen LogP contribution in [-0.4, -0.2) is 18.3 Å². The van der Waals surface area contributed by atoms with Gasteiger partial charge in [-0.3, -0.25) is 0 Å². The Morgan fingerprint density at radius 2 is 0.648 bits per heavy atom. The quantitative estimate of drug-likeness (QED) is 0.156. The van der Waals surface area contributed by atoms with Gasteiger partial charge in [0, 0.05) is 53.9 Å². The average Bonchev–Trinajstić information content (AvgIpc) is 1.48. The van der Waals surface area contributed by atoms with Gasteiger partial charge in [-0.15, -0.1) is 0 Å². The molecule has 0 saturated heterocycles. The molecule has 406 valence electrons. The molecule has 0 spiro atoms. The van der Waals surface area contributed by atoms with Crippen LogP contribution in [0.15, 0.2) is 276 Å². The fourth-order valence-corrected chi connectivity index (χ4v) is 14.8. The van der Waals surface area contributed by atoms with Gasteiger partial charge in [-0.05, 0) is 107 Å². The summed E-state index contributed by atoms with van der Waals surface area (Å²) in [5, 5.41) is 24.5. The predicted octanol–water partition coefficient (Wildman–Crippen LogP) is 21.6. The molecule has 8 nitrogen and oxygen atoms in total. The highest BCUT2D eigenvalue weighted by atomic mass is 16.3. The van der Waals surface area contributed by atoms with Crippen LogP contribution in [0.25, 0.3) is 181 Å². The summed E-state index contributed by atoms with van der Waals surface area (Å²) in [6.07, 6.45) is 0. The maximum absolute atomic E-state index is 12.7. The van der Waals surface area contributed by atoms with Crippen LogP contribution in [0, 0.1) is 17.9 Å². The van der Waals surface area contributed by atoms with E-state index >= 15 is 0 Å². The van der Waals surface area contributed by atoms with Crippen molar-refractivity contribution >= 4 is 137 Å². The Kier molecular flexibility index (Phi) is 9.87. The lowest BCUT2D eigenvalue weighted by atomic mass is 10.0. The molecule has 0 unspecified atom stereocenters. The van der Waals surface area contributed by atoms with Crippen LogP contribution < -0.4 is 0 Å². The third-order valence-electron chi connectivity index (χ3n) is 18.4. The van der Waals surface area contributed by atoms with Crippen LogP contribution in [0.4, 0.5) is 5.69 Å². The van der Waals surface area contributed by atoms with E-state index in [4.69, 9.17) is 13.7 Å². The van der Waals surface area contributed by atoms with E-state index in [1.54, 1.807) is 0 Å². The molecule has 0 N–H and O–H groups in total. The molecule has 0 atom stereocenters. The van der Waals surface area contributed by atoms with Gasteiger partial charge < -0.3 is 27.1 Å². The van der Waals surface area contributed by atoms with Crippen LogP contribution in [0.3, 0.4) is 0 Å². The fourth-order valence-electron chi connectivity index (χ4n) is 14.8. The zero-order valence-corrected chi connectivity index (χ0v) is 46.9. The second kappa shape index (κ2) is 18.1. The number of para-hydroxylation sites is 6. The van der Waals surface area contributed by atoms with Crippen molar-refractivity contribution in [2.75, 3.05) is 0 Å². The SMILES string of the molecule is [C-]#[N+]c1c(C#N)c(-n2c3ccccc3c3c4oc5ccccc5c4ccc32)c(-n2c3ccccc3c3cc(-c4ccccc4)ccc32)c(-n2c3ccccc3c3cc(-c4ccccc4)ccc32)c1-n1c2ccccc2c2c3oc4ccccc4c3ccc21. The van der Waals surface area contributed by atoms with Crippen LogP contribution in [-0.2, 0) is 0 Å². The van der Waals surface area contributed by atoms with E-state index in [1.807, 2.05) is 36.4 Å². The van der Waals surface area contributed by atoms with Crippen molar-refractivity contribution in [2.45, 2.75) is 0 Å². The molecule has 19 aromatic rings. The Morgan fingerprint density at radius 3 is 1.10 bits per heavy atom. The molecule has 6 aromatic heterocycles. The van der Waals surface area contributed by atoms with Crippen LogP contribution >= 0.6 is 0 Å². The number of hydrogen-bond donors (Lipinski definition) is 0. The van der Waals surface area contributed by atoms with Crippen LogP contribution in [0.5, 0.6) is 0 Å². The molecule has 19 rings (SSSR count). The summed E-state index contributed by atoms with van der Waals surface area (Å²) in [4.78, 5) is 4.72. The minimum Gasteiger partial charge on any atom is -0.455 e. The summed E-state index contributed by atoms with van der Waals surface area (Å²) < 4.78 is 23.2. The summed E-state index contributed by atoms with van der Waals surface area (Å²) in [6, 6.07) is 96.5. The molecule has 0 saturated carbocycles. The number of rotatable bonds is 6. The first-order valence-corrected chi connectivity index (χ1v) is 29.5. The molecule has 0 aliphatic heterocycles. The Morgan fingerprint density at radius 1 is 0.295 bits per heavy atom. The topological polar surface area (TPSA) is 74.2 Å². The lowest BCUT2D eigenvalue weighted by molar-refractivity contribution is 0.672. The van der Waals surface area contributed by atoms with Gasteiger partial charge in [0.25, 0.3) is 0 Å². The van der Waals surface area contributed by atoms with E-state index < -0.39 is 0 Å². The van der Waals surface area contributed by atoms with Crippen molar-refractivity contribution in [3.63, 3.8) is 0 Å². The largest absolute Gasteiger partial charge is 0.455 e. The molecule has 0 amide bonds. The summed E-state index contributed by atoms with van der Waals surface area (Å²) in [5.74, 6) is 0. The van der Waals surface area contributed by atoms with Gasteiger partial charge in [0.15, 0.2) is 0 Å². The van der Waals surface area contributed by atoms with Gasteiger partial charge in [0.05, 0.1) is 95.9 Å². The minimum atomic E-state index is 0.193. The minimum absolute atomic E-state index is 0.193. The van der Waals surface area contributed by atoms with E-state index in [0.717, 1.165) is 153 Å². The number of hydrogen-bond acceptors (Lipinski definition) is 3. The molecule has 0 aliphatic carbocycles. The van der Waals surface area contributed by atoms with Gasteiger partial charge in [-0.2, -0.15) is 5.26 Å².